The fourth-order valence-electron chi connectivity index (χ4n) is 1.11. The highest BCUT2D eigenvalue weighted by molar-refractivity contribution is 8.14. The van der Waals surface area contributed by atoms with Gasteiger partial charge in [0.05, 0.1) is 16.6 Å². The van der Waals surface area contributed by atoms with Gasteiger partial charge in [0.15, 0.2) is 5.17 Å². The second-order valence-corrected chi connectivity index (χ2v) is 4.69. The van der Waals surface area contributed by atoms with Crippen molar-refractivity contribution in [2.24, 2.45) is 4.99 Å². The van der Waals surface area contributed by atoms with Gasteiger partial charge in [-0.2, -0.15) is 0 Å². The number of anilines is 1. The highest BCUT2D eigenvalue weighted by Gasteiger charge is 2.07. The van der Waals surface area contributed by atoms with Crippen LogP contribution >= 0.6 is 35.0 Å². The van der Waals surface area contributed by atoms with Crippen molar-refractivity contribution >= 4 is 45.8 Å². The number of thioether (sulfide) groups is 1. The summed E-state index contributed by atoms with van der Waals surface area (Å²) in [5.41, 5.74) is 0.924. The van der Waals surface area contributed by atoms with E-state index in [1.807, 2.05) is 6.07 Å². The molecule has 0 saturated carbocycles. The van der Waals surface area contributed by atoms with Gasteiger partial charge in [-0.15, -0.1) is 0 Å². The maximum atomic E-state index is 5.88. The molecule has 0 bridgehead atoms. The summed E-state index contributed by atoms with van der Waals surface area (Å²) in [5, 5.41) is 5.25. The predicted molar refractivity (Wildman–Crippen MR) is 64.8 cm³/mol. The number of hydrogen-bond donors (Lipinski definition) is 1. The third-order valence-corrected chi connectivity index (χ3v) is 3.39. The predicted octanol–water partition coefficient (Wildman–Crippen LogP) is 3.51. The monoisotopic (exact) mass is 246 g/mol. The number of halogens is 2. The summed E-state index contributed by atoms with van der Waals surface area (Å²) in [6, 6.07) is 5.45. The van der Waals surface area contributed by atoms with Crippen LogP contribution in [0, 0.1) is 0 Å². The molecule has 14 heavy (non-hydrogen) atoms. The largest absolute Gasteiger partial charge is 0.335 e. The quantitative estimate of drug-likeness (QED) is 0.821. The Kier molecular flexibility index (Phi) is 3.21. The highest BCUT2D eigenvalue weighted by atomic mass is 35.5. The Balaban J connectivity index is 2.13. The van der Waals surface area contributed by atoms with Crippen LogP contribution in [0.1, 0.15) is 0 Å². The summed E-state index contributed by atoms with van der Waals surface area (Å²) in [6.07, 6.45) is 0. The first-order valence-electron chi connectivity index (χ1n) is 4.15. The van der Waals surface area contributed by atoms with Crippen molar-refractivity contribution in [3.8, 4) is 0 Å². The van der Waals surface area contributed by atoms with E-state index in [2.05, 4.69) is 10.3 Å². The van der Waals surface area contributed by atoms with Crippen molar-refractivity contribution in [1.29, 1.82) is 0 Å². The molecule has 0 amide bonds. The first kappa shape index (κ1) is 10.1. The van der Waals surface area contributed by atoms with Gasteiger partial charge >= 0.3 is 0 Å². The molecular formula is C9H8Cl2N2S. The lowest BCUT2D eigenvalue weighted by atomic mass is 10.3. The normalized spacial score (nSPS) is 15.4. The smallest absolute Gasteiger partial charge is 0.161 e. The standard InChI is InChI=1S/C9H8Cl2N2S/c10-7-2-1-6(5-8(7)11)13-9-12-3-4-14-9/h1-2,5H,3-4H2,(H,12,13). The average molecular weight is 247 g/mol. The van der Waals surface area contributed by atoms with Gasteiger partial charge in [0.25, 0.3) is 0 Å². The van der Waals surface area contributed by atoms with Gasteiger partial charge in [-0.05, 0) is 18.2 Å². The Morgan fingerprint density at radius 3 is 2.79 bits per heavy atom. The van der Waals surface area contributed by atoms with Crippen LogP contribution in [-0.4, -0.2) is 17.5 Å². The van der Waals surface area contributed by atoms with Crippen LogP contribution in [-0.2, 0) is 0 Å². The number of rotatable bonds is 1. The molecule has 0 unspecified atom stereocenters. The number of nitrogens with zero attached hydrogens (tertiary/aromatic N) is 1. The molecule has 5 heteroatoms. The third kappa shape index (κ3) is 2.35. The Morgan fingerprint density at radius 2 is 2.14 bits per heavy atom. The van der Waals surface area contributed by atoms with Gasteiger partial charge in [-0.1, -0.05) is 35.0 Å². The van der Waals surface area contributed by atoms with E-state index >= 15 is 0 Å². The van der Waals surface area contributed by atoms with Gasteiger partial charge in [-0.3, -0.25) is 4.99 Å². The van der Waals surface area contributed by atoms with Crippen molar-refractivity contribution in [1.82, 2.24) is 0 Å². The van der Waals surface area contributed by atoms with Crippen molar-refractivity contribution < 1.29 is 0 Å². The Labute approximate surface area is 96.7 Å². The molecule has 0 fully saturated rings. The van der Waals surface area contributed by atoms with Gasteiger partial charge in [0, 0.05) is 11.4 Å². The second-order valence-electron chi connectivity index (χ2n) is 2.79. The average Bonchev–Trinajstić information content (AvgIpc) is 2.64. The Morgan fingerprint density at radius 1 is 1.29 bits per heavy atom. The number of amidine groups is 1. The summed E-state index contributed by atoms with van der Waals surface area (Å²) in [4.78, 5) is 4.28. The maximum absolute atomic E-state index is 5.88. The molecule has 1 aliphatic rings. The molecule has 0 radical (unpaired) electrons. The molecule has 1 aromatic rings. The SMILES string of the molecule is Clc1ccc(NC2=NCCS2)cc1Cl. The number of nitrogens with one attached hydrogen (secondary N) is 1. The number of aliphatic imine (C=N–C) groups is 1. The van der Waals surface area contributed by atoms with Crippen LogP contribution in [0.15, 0.2) is 23.2 Å². The minimum absolute atomic E-state index is 0.556. The molecule has 1 heterocycles. The molecule has 0 atom stereocenters. The molecule has 1 aromatic carbocycles. The molecule has 2 rings (SSSR count). The van der Waals surface area contributed by atoms with Gasteiger partial charge in [0.2, 0.25) is 0 Å². The lowest BCUT2D eigenvalue weighted by Gasteiger charge is -2.05. The lowest BCUT2D eigenvalue weighted by molar-refractivity contribution is 1.17. The van der Waals surface area contributed by atoms with Crippen molar-refractivity contribution in [2.75, 3.05) is 17.6 Å². The van der Waals surface area contributed by atoms with E-state index in [4.69, 9.17) is 23.2 Å². The van der Waals surface area contributed by atoms with Crippen LogP contribution in [0.25, 0.3) is 0 Å². The molecule has 1 aliphatic heterocycles. The molecule has 0 spiro atoms. The van der Waals surface area contributed by atoms with Crippen LogP contribution < -0.4 is 5.32 Å². The number of benzene rings is 1. The van der Waals surface area contributed by atoms with E-state index in [-0.39, 0.29) is 0 Å². The molecule has 2 nitrogen and oxygen atoms in total. The van der Waals surface area contributed by atoms with E-state index in [1.54, 1.807) is 23.9 Å². The van der Waals surface area contributed by atoms with Crippen LogP contribution in [0.2, 0.25) is 10.0 Å². The van der Waals surface area contributed by atoms with Crippen LogP contribution in [0.5, 0.6) is 0 Å². The molecule has 0 aromatic heterocycles. The maximum Gasteiger partial charge on any atom is 0.161 e. The van der Waals surface area contributed by atoms with Crippen molar-refractivity contribution in [2.45, 2.75) is 0 Å². The zero-order valence-corrected chi connectivity index (χ0v) is 9.59. The third-order valence-electron chi connectivity index (χ3n) is 1.76. The van der Waals surface area contributed by atoms with Gasteiger partial charge in [-0.25, -0.2) is 0 Å². The van der Waals surface area contributed by atoms with E-state index in [9.17, 15) is 0 Å². The lowest BCUT2D eigenvalue weighted by Crippen LogP contribution is -2.04. The number of hydrogen-bond acceptors (Lipinski definition) is 3. The zero-order chi connectivity index (χ0) is 9.97. The second kappa shape index (κ2) is 4.43. The van der Waals surface area contributed by atoms with E-state index in [0.717, 1.165) is 23.2 Å². The summed E-state index contributed by atoms with van der Waals surface area (Å²) in [7, 11) is 0. The molecule has 1 N–H and O–H groups in total. The van der Waals surface area contributed by atoms with Gasteiger partial charge < -0.3 is 5.32 Å². The minimum atomic E-state index is 0.556. The molecule has 0 aliphatic carbocycles. The van der Waals surface area contributed by atoms with E-state index in [1.165, 1.54) is 0 Å². The first-order chi connectivity index (χ1) is 6.75. The summed E-state index contributed by atoms with van der Waals surface area (Å²) in [5.74, 6) is 1.05. The highest BCUT2D eigenvalue weighted by Crippen LogP contribution is 2.26. The van der Waals surface area contributed by atoms with Crippen molar-refractivity contribution in [3.05, 3.63) is 28.2 Å². The molecule has 74 valence electrons. The van der Waals surface area contributed by atoms with Crippen LogP contribution in [0.3, 0.4) is 0 Å². The summed E-state index contributed by atoms with van der Waals surface area (Å²) in [6.45, 7) is 0.883. The Hall–Kier alpha value is -0.380. The fourth-order valence-corrected chi connectivity index (χ4v) is 2.15. The minimum Gasteiger partial charge on any atom is -0.335 e. The Bertz CT molecular complexity index is 379. The zero-order valence-electron chi connectivity index (χ0n) is 7.26. The van der Waals surface area contributed by atoms with Crippen molar-refractivity contribution in [3.63, 3.8) is 0 Å². The van der Waals surface area contributed by atoms with Gasteiger partial charge in [0.1, 0.15) is 0 Å². The van der Waals surface area contributed by atoms with E-state index < -0.39 is 0 Å². The summed E-state index contributed by atoms with van der Waals surface area (Å²) >= 11 is 13.4. The van der Waals surface area contributed by atoms with Crippen LogP contribution in [0.4, 0.5) is 5.69 Å². The topological polar surface area (TPSA) is 24.4 Å². The molecule has 0 saturated heterocycles. The van der Waals surface area contributed by atoms with E-state index in [0.29, 0.717) is 10.0 Å². The first-order valence-corrected chi connectivity index (χ1v) is 5.89. The summed E-state index contributed by atoms with van der Waals surface area (Å²) < 4.78 is 0. The fraction of sp³-hybridized carbons (Fsp3) is 0.222. The molecular weight excluding hydrogens is 239 g/mol.